The summed E-state index contributed by atoms with van der Waals surface area (Å²) in [6, 6.07) is 21.2. The number of nitrogens with one attached hydrogen (secondary N) is 1. The molecule has 0 heterocycles. The highest BCUT2D eigenvalue weighted by Crippen LogP contribution is 2.26. The van der Waals surface area contributed by atoms with Gasteiger partial charge in [-0.05, 0) is 76.4 Å². The molecule has 0 saturated heterocycles. The summed E-state index contributed by atoms with van der Waals surface area (Å²) >= 11 is 10.8. The van der Waals surface area contributed by atoms with Crippen LogP contribution in [0.5, 0.6) is 5.75 Å². The number of amides is 1. The molecule has 0 spiro atoms. The zero-order chi connectivity index (χ0) is 21.3. The van der Waals surface area contributed by atoms with Crippen LogP contribution in [-0.4, -0.2) is 17.9 Å². The molecule has 3 aromatic rings. The Morgan fingerprint density at radius 2 is 1.87 bits per heavy atom. The zero-order valence-electron chi connectivity index (χ0n) is 16.3. The van der Waals surface area contributed by atoms with Gasteiger partial charge in [0.25, 0.3) is 0 Å². The molecule has 0 radical (unpaired) electrons. The zero-order valence-corrected chi connectivity index (χ0v) is 19.4. The second-order valence-corrected chi connectivity index (χ2v) is 8.84. The van der Waals surface area contributed by atoms with Gasteiger partial charge < -0.3 is 4.74 Å². The minimum atomic E-state index is -0.177. The summed E-state index contributed by atoms with van der Waals surface area (Å²) in [7, 11) is 0. The largest absolute Gasteiger partial charge is 0.488 e. The van der Waals surface area contributed by atoms with E-state index in [1.807, 2.05) is 30.3 Å². The molecule has 3 aromatic carbocycles. The van der Waals surface area contributed by atoms with Gasteiger partial charge in [0.1, 0.15) is 12.4 Å². The van der Waals surface area contributed by atoms with Crippen LogP contribution in [0.3, 0.4) is 0 Å². The monoisotopic (exact) mass is 502 g/mol. The van der Waals surface area contributed by atoms with Crippen molar-refractivity contribution in [1.82, 2.24) is 5.43 Å². The van der Waals surface area contributed by atoms with E-state index < -0.39 is 0 Å². The van der Waals surface area contributed by atoms with Gasteiger partial charge in [-0.25, -0.2) is 5.43 Å². The summed E-state index contributed by atoms with van der Waals surface area (Å²) in [6.07, 6.45) is 1.60. The number of thioether (sulfide) groups is 1. The topological polar surface area (TPSA) is 50.7 Å². The summed E-state index contributed by atoms with van der Waals surface area (Å²) in [4.78, 5) is 12.9. The molecule has 3 rings (SSSR count). The van der Waals surface area contributed by atoms with Gasteiger partial charge in [-0.1, -0.05) is 41.4 Å². The van der Waals surface area contributed by atoms with Crippen molar-refractivity contribution in [3.8, 4) is 5.75 Å². The standard InChI is InChI=1S/C23H20BrClN2O2S/c1-16-2-4-17(5-3-16)14-29-22-11-6-18(12-21(22)24)13-26-27-23(28)15-30-20-9-7-19(25)8-10-20/h2-13H,14-15H2,1H3,(H,27,28)/b26-13-. The van der Waals surface area contributed by atoms with Crippen molar-refractivity contribution in [2.75, 3.05) is 5.75 Å². The number of carbonyl (C=O) groups is 1. The normalized spacial score (nSPS) is 10.9. The number of aryl methyl sites for hydroxylation is 1. The second-order valence-electron chi connectivity index (χ2n) is 6.50. The predicted octanol–water partition coefficient (Wildman–Crippen LogP) is 6.23. The lowest BCUT2D eigenvalue weighted by Gasteiger charge is -2.09. The molecule has 0 aliphatic heterocycles. The Balaban J connectivity index is 1.47. The number of hydrogen-bond donors (Lipinski definition) is 1. The summed E-state index contributed by atoms with van der Waals surface area (Å²) in [5.41, 5.74) is 5.71. The predicted molar refractivity (Wildman–Crippen MR) is 128 cm³/mol. The Morgan fingerprint density at radius 1 is 1.13 bits per heavy atom. The van der Waals surface area contributed by atoms with Gasteiger partial charge in [-0.3, -0.25) is 4.79 Å². The average Bonchev–Trinajstić information content (AvgIpc) is 2.74. The van der Waals surface area contributed by atoms with E-state index in [-0.39, 0.29) is 11.7 Å². The molecule has 154 valence electrons. The summed E-state index contributed by atoms with van der Waals surface area (Å²) in [6.45, 7) is 2.55. The number of carbonyl (C=O) groups excluding carboxylic acids is 1. The smallest absolute Gasteiger partial charge is 0.250 e. The fraction of sp³-hybridized carbons (Fsp3) is 0.130. The molecule has 30 heavy (non-hydrogen) atoms. The van der Waals surface area contributed by atoms with Crippen molar-refractivity contribution in [1.29, 1.82) is 0 Å². The molecule has 0 aromatic heterocycles. The fourth-order valence-electron chi connectivity index (χ4n) is 2.45. The Morgan fingerprint density at radius 3 is 2.57 bits per heavy atom. The molecule has 1 amide bonds. The molecule has 0 bridgehead atoms. The molecule has 1 N–H and O–H groups in total. The third-order valence-corrected chi connectivity index (χ3v) is 5.94. The Labute approximate surface area is 193 Å². The minimum absolute atomic E-state index is 0.177. The molecule has 0 saturated carbocycles. The van der Waals surface area contributed by atoms with Crippen LogP contribution in [0.25, 0.3) is 0 Å². The number of rotatable bonds is 8. The first kappa shape index (κ1) is 22.4. The lowest BCUT2D eigenvalue weighted by Crippen LogP contribution is -2.19. The maximum Gasteiger partial charge on any atom is 0.250 e. The Bertz CT molecular complexity index is 1020. The number of hydrazone groups is 1. The van der Waals surface area contributed by atoms with Crippen LogP contribution < -0.4 is 10.2 Å². The van der Waals surface area contributed by atoms with Crippen molar-refractivity contribution < 1.29 is 9.53 Å². The van der Waals surface area contributed by atoms with Gasteiger partial charge in [0.15, 0.2) is 0 Å². The second kappa shape index (κ2) is 11.2. The van der Waals surface area contributed by atoms with Gasteiger partial charge in [-0.2, -0.15) is 5.10 Å². The van der Waals surface area contributed by atoms with Crippen molar-refractivity contribution in [2.24, 2.45) is 5.10 Å². The van der Waals surface area contributed by atoms with Gasteiger partial charge in [-0.15, -0.1) is 11.8 Å². The molecule has 7 heteroatoms. The molecular weight excluding hydrogens is 484 g/mol. The van der Waals surface area contributed by atoms with Crippen LogP contribution in [-0.2, 0) is 11.4 Å². The van der Waals surface area contributed by atoms with E-state index in [2.05, 4.69) is 57.6 Å². The maximum absolute atomic E-state index is 11.9. The first-order valence-electron chi connectivity index (χ1n) is 9.18. The van der Waals surface area contributed by atoms with Gasteiger partial charge >= 0.3 is 0 Å². The van der Waals surface area contributed by atoms with E-state index in [0.717, 1.165) is 26.2 Å². The third-order valence-electron chi connectivity index (χ3n) is 4.06. The van der Waals surface area contributed by atoms with Crippen LogP contribution in [0.2, 0.25) is 5.02 Å². The van der Waals surface area contributed by atoms with Crippen LogP contribution >= 0.6 is 39.3 Å². The fourth-order valence-corrected chi connectivity index (χ4v) is 3.78. The van der Waals surface area contributed by atoms with Crippen LogP contribution in [0.1, 0.15) is 16.7 Å². The molecular formula is C23H20BrClN2O2S. The number of nitrogens with zero attached hydrogens (tertiary/aromatic N) is 1. The highest BCUT2D eigenvalue weighted by Gasteiger charge is 2.04. The average molecular weight is 504 g/mol. The number of ether oxygens (including phenoxy) is 1. The Hall–Kier alpha value is -2.28. The van der Waals surface area contributed by atoms with Gasteiger partial charge in [0, 0.05) is 9.92 Å². The van der Waals surface area contributed by atoms with Gasteiger partial charge in [0.05, 0.1) is 16.4 Å². The van der Waals surface area contributed by atoms with Crippen LogP contribution in [0.4, 0.5) is 0 Å². The van der Waals surface area contributed by atoms with Crippen LogP contribution in [0.15, 0.2) is 81.2 Å². The number of halogens is 2. The molecule has 0 aliphatic rings. The quantitative estimate of drug-likeness (QED) is 0.225. The van der Waals surface area contributed by atoms with E-state index >= 15 is 0 Å². The molecule has 4 nitrogen and oxygen atoms in total. The van der Waals surface area contributed by atoms with Crippen molar-refractivity contribution in [2.45, 2.75) is 18.4 Å². The SMILES string of the molecule is Cc1ccc(COc2ccc(/C=N\NC(=O)CSc3ccc(Cl)cc3)cc2Br)cc1. The lowest BCUT2D eigenvalue weighted by molar-refractivity contribution is -0.118. The van der Waals surface area contributed by atoms with Crippen molar-refractivity contribution in [3.05, 3.63) is 92.9 Å². The van der Waals surface area contributed by atoms with E-state index in [1.165, 1.54) is 17.3 Å². The highest BCUT2D eigenvalue weighted by atomic mass is 79.9. The van der Waals surface area contributed by atoms with Crippen LogP contribution in [0, 0.1) is 6.92 Å². The summed E-state index contributed by atoms with van der Waals surface area (Å²) in [5, 5.41) is 4.69. The number of benzene rings is 3. The summed E-state index contributed by atoms with van der Waals surface area (Å²) in [5.74, 6) is 0.841. The minimum Gasteiger partial charge on any atom is -0.488 e. The Kier molecular flexibility index (Phi) is 8.37. The highest BCUT2D eigenvalue weighted by molar-refractivity contribution is 9.10. The molecule has 0 fully saturated rings. The molecule has 0 unspecified atom stereocenters. The van der Waals surface area contributed by atoms with Gasteiger partial charge in [0.2, 0.25) is 5.91 Å². The van der Waals surface area contributed by atoms with Crippen molar-refractivity contribution >= 4 is 51.4 Å². The number of hydrogen-bond acceptors (Lipinski definition) is 4. The third kappa shape index (κ3) is 7.20. The molecule has 0 aliphatic carbocycles. The first-order chi connectivity index (χ1) is 14.5. The first-order valence-corrected chi connectivity index (χ1v) is 11.3. The molecule has 0 atom stereocenters. The van der Waals surface area contributed by atoms with E-state index in [1.54, 1.807) is 18.3 Å². The maximum atomic E-state index is 11.9. The van der Waals surface area contributed by atoms with Crippen molar-refractivity contribution in [3.63, 3.8) is 0 Å². The van der Waals surface area contributed by atoms with E-state index in [9.17, 15) is 4.79 Å². The lowest BCUT2D eigenvalue weighted by atomic mass is 10.2. The summed E-state index contributed by atoms with van der Waals surface area (Å²) < 4.78 is 6.69. The van der Waals surface area contributed by atoms with E-state index in [4.69, 9.17) is 16.3 Å². The van der Waals surface area contributed by atoms with E-state index in [0.29, 0.717) is 11.6 Å².